The first-order valence-electron chi connectivity index (χ1n) is 19.5. The van der Waals surface area contributed by atoms with E-state index < -0.39 is 0 Å². The van der Waals surface area contributed by atoms with Gasteiger partial charge in [-0.15, -0.1) is 11.3 Å². The fourth-order valence-electron chi connectivity index (χ4n) is 9.43. The highest BCUT2D eigenvalue weighted by Gasteiger charge is 2.43. The summed E-state index contributed by atoms with van der Waals surface area (Å²) in [4.78, 5) is 10.3. The van der Waals surface area contributed by atoms with Gasteiger partial charge in [-0.3, -0.25) is 0 Å². The van der Waals surface area contributed by atoms with Crippen molar-refractivity contribution in [3.05, 3.63) is 181 Å². The van der Waals surface area contributed by atoms with Crippen LogP contribution >= 0.6 is 11.3 Å². The molecule has 0 N–H and O–H groups in total. The van der Waals surface area contributed by atoms with Crippen LogP contribution < -0.4 is 0 Å². The first-order valence-corrected chi connectivity index (χ1v) is 20.3. The van der Waals surface area contributed by atoms with E-state index >= 15 is 0 Å². The van der Waals surface area contributed by atoms with Crippen LogP contribution in [0.4, 0.5) is 0 Å². The second-order valence-corrected chi connectivity index (χ2v) is 16.3. The van der Waals surface area contributed by atoms with Gasteiger partial charge in [-0.05, 0) is 81.6 Å². The molecular weight excluding hydrogens is 685 g/mol. The Bertz CT molecular complexity index is 2880. The Labute approximate surface area is 325 Å². The summed E-state index contributed by atoms with van der Waals surface area (Å²) in [6, 6.07) is 61.9. The summed E-state index contributed by atoms with van der Waals surface area (Å²) in [6.07, 6.45) is 6.42. The third kappa shape index (κ3) is 5.37. The molecule has 55 heavy (non-hydrogen) atoms. The first-order chi connectivity index (χ1) is 27.2. The summed E-state index contributed by atoms with van der Waals surface area (Å²) < 4.78 is 2.63. The van der Waals surface area contributed by atoms with E-state index in [1.54, 1.807) is 5.56 Å². The minimum Gasteiger partial charge on any atom is -0.228 e. The van der Waals surface area contributed by atoms with Crippen LogP contribution in [0, 0.1) is 0 Å². The molecule has 2 aromatic heterocycles. The van der Waals surface area contributed by atoms with E-state index in [9.17, 15) is 0 Å². The molecule has 0 radical (unpaired) electrons. The predicted octanol–water partition coefficient (Wildman–Crippen LogP) is 14.4. The molecule has 2 aliphatic carbocycles. The van der Waals surface area contributed by atoms with Crippen LogP contribution in [0.1, 0.15) is 43.2 Å². The molecule has 1 spiro atoms. The SMILES string of the molecule is c1ccc(-c2ccc(-c3nc(-c4ccccc4)cc(-c4ccc5sc6c(-c7ccc8c(c7)C7(CCCCC7)c7ccccc7-8)cccc6c5c4)n3)cc2)cc1. The predicted molar refractivity (Wildman–Crippen MR) is 231 cm³/mol. The van der Waals surface area contributed by atoms with Crippen molar-refractivity contribution in [2.45, 2.75) is 37.5 Å². The van der Waals surface area contributed by atoms with Gasteiger partial charge in [-0.25, -0.2) is 9.97 Å². The number of fused-ring (bicyclic) bond motifs is 8. The number of thiophene rings is 1. The molecule has 262 valence electrons. The van der Waals surface area contributed by atoms with E-state index in [1.807, 2.05) is 11.3 Å². The first kappa shape index (κ1) is 32.3. The van der Waals surface area contributed by atoms with Crippen molar-refractivity contribution >= 4 is 31.5 Å². The Hall–Kier alpha value is -6.16. The second kappa shape index (κ2) is 13.0. The highest BCUT2D eigenvalue weighted by molar-refractivity contribution is 7.26. The molecule has 0 bridgehead atoms. The molecule has 2 aliphatic rings. The van der Waals surface area contributed by atoms with Crippen molar-refractivity contribution in [2.24, 2.45) is 0 Å². The number of benzene rings is 7. The van der Waals surface area contributed by atoms with Gasteiger partial charge >= 0.3 is 0 Å². The molecule has 1 saturated carbocycles. The zero-order valence-corrected chi connectivity index (χ0v) is 31.3. The number of hydrogen-bond acceptors (Lipinski definition) is 3. The van der Waals surface area contributed by atoms with Gasteiger partial charge in [0.05, 0.1) is 11.4 Å². The zero-order chi connectivity index (χ0) is 36.3. The van der Waals surface area contributed by atoms with Crippen LogP contribution in [-0.2, 0) is 5.41 Å². The van der Waals surface area contributed by atoms with E-state index in [2.05, 4.69) is 170 Å². The Morgan fingerprint density at radius 1 is 0.400 bits per heavy atom. The van der Waals surface area contributed by atoms with Gasteiger partial charge < -0.3 is 0 Å². The van der Waals surface area contributed by atoms with Gasteiger partial charge in [0.1, 0.15) is 0 Å². The smallest absolute Gasteiger partial charge is 0.160 e. The Kier molecular flexibility index (Phi) is 7.63. The monoisotopic (exact) mass is 722 g/mol. The molecule has 11 rings (SSSR count). The minimum absolute atomic E-state index is 0.141. The summed E-state index contributed by atoms with van der Waals surface area (Å²) >= 11 is 1.90. The molecule has 0 unspecified atom stereocenters. The molecule has 2 nitrogen and oxygen atoms in total. The van der Waals surface area contributed by atoms with Crippen LogP contribution in [0.3, 0.4) is 0 Å². The standard InChI is InChI=1S/C52H38N2S/c1-4-13-34(14-5-1)35-21-23-37(24-22-35)51-53-47(36-15-6-2-7-16-36)33-48(54-51)39-26-28-49-44(31-39)43-19-12-18-40(50(43)55-49)38-25-27-42-41-17-8-9-20-45(41)52(46(42)32-38)29-10-3-11-30-52/h1-2,4-9,12-28,31-33H,3,10-11,29-30H2. The normalized spacial score (nSPS) is 14.3. The van der Waals surface area contributed by atoms with Crippen molar-refractivity contribution in [2.75, 3.05) is 0 Å². The molecule has 0 saturated heterocycles. The lowest BCUT2D eigenvalue weighted by Crippen LogP contribution is -2.28. The van der Waals surface area contributed by atoms with E-state index in [4.69, 9.17) is 9.97 Å². The number of aromatic nitrogens is 2. The highest BCUT2D eigenvalue weighted by atomic mass is 32.1. The number of hydrogen-bond donors (Lipinski definition) is 0. The van der Waals surface area contributed by atoms with Gasteiger partial charge in [0, 0.05) is 42.3 Å². The maximum absolute atomic E-state index is 5.22. The van der Waals surface area contributed by atoms with Gasteiger partial charge in [-0.2, -0.15) is 0 Å². The van der Waals surface area contributed by atoms with E-state index in [1.165, 1.54) is 91.2 Å². The van der Waals surface area contributed by atoms with Crippen molar-refractivity contribution < 1.29 is 0 Å². The van der Waals surface area contributed by atoms with Crippen molar-refractivity contribution in [3.63, 3.8) is 0 Å². The number of rotatable bonds is 5. The van der Waals surface area contributed by atoms with Gasteiger partial charge in [0.15, 0.2) is 5.82 Å². The zero-order valence-electron chi connectivity index (χ0n) is 30.5. The van der Waals surface area contributed by atoms with Crippen LogP contribution in [-0.4, -0.2) is 9.97 Å². The average molecular weight is 723 g/mol. The number of nitrogens with zero attached hydrogens (tertiary/aromatic N) is 2. The van der Waals surface area contributed by atoms with Crippen molar-refractivity contribution in [1.29, 1.82) is 0 Å². The summed E-state index contributed by atoms with van der Waals surface area (Å²) in [5.41, 5.74) is 16.1. The third-order valence-corrected chi connectivity index (χ3v) is 13.3. The lowest BCUT2D eigenvalue weighted by atomic mass is 9.67. The van der Waals surface area contributed by atoms with Crippen LogP contribution in [0.2, 0.25) is 0 Å². The van der Waals surface area contributed by atoms with E-state index in [0.717, 1.165) is 33.9 Å². The fraction of sp³-hybridized carbons (Fsp3) is 0.115. The summed E-state index contributed by atoms with van der Waals surface area (Å²) in [5.74, 6) is 0.725. The lowest BCUT2D eigenvalue weighted by molar-refractivity contribution is 0.353. The van der Waals surface area contributed by atoms with Crippen LogP contribution in [0.25, 0.3) is 87.5 Å². The van der Waals surface area contributed by atoms with Crippen LogP contribution in [0.15, 0.2) is 170 Å². The quantitative estimate of drug-likeness (QED) is 0.177. The second-order valence-electron chi connectivity index (χ2n) is 15.2. The topological polar surface area (TPSA) is 25.8 Å². The minimum atomic E-state index is 0.141. The van der Waals surface area contributed by atoms with Crippen molar-refractivity contribution in [1.82, 2.24) is 9.97 Å². The summed E-state index contributed by atoms with van der Waals surface area (Å²) in [6.45, 7) is 0. The Balaban J connectivity index is 1.02. The third-order valence-electron chi connectivity index (χ3n) is 12.1. The molecule has 2 heterocycles. The van der Waals surface area contributed by atoms with E-state index in [0.29, 0.717) is 0 Å². The average Bonchev–Trinajstić information content (AvgIpc) is 3.77. The molecule has 7 aromatic carbocycles. The van der Waals surface area contributed by atoms with Gasteiger partial charge in [0.25, 0.3) is 0 Å². The largest absolute Gasteiger partial charge is 0.228 e. The molecule has 0 aliphatic heterocycles. The Morgan fingerprint density at radius 3 is 1.82 bits per heavy atom. The lowest BCUT2D eigenvalue weighted by Gasteiger charge is -2.36. The van der Waals surface area contributed by atoms with Crippen LogP contribution in [0.5, 0.6) is 0 Å². The summed E-state index contributed by atoms with van der Waals surface area (Å²) in [5, 5.41) is 2.56. The van der Waals surface area contributed by atoms with Gasteiger partial charge in [-0.1, -0.05) is 165 Å². The highest BCUT2D eigenvalue weighted by Crippen LogP contribution is 2.56. The fourth-order valence-corrected chi connectivity index (χ4v) is 10.6. The van der Waals surface area contributed by atoms with Crippen molar-refractivity contribution in [3.8, 4) is 67.3 Å². The maximum Gasteiger partial charge on any atom is 0.160 e. The molecule has 0 amide bonds. The molecule has 1 fully saturated rings. The Morgan fingerprint density at radius 2 is 1.02 bits per heavy atom. The molecule has 0 atom stereocenters. The molecule has 3 heteroatoms. The summed E-state index contributed by atoms with van der Waals surface area (Å²) in [7, 11) is 0. The molecule has 9 aromatic rings. The van der Waals surface area contributed by atoms with E-state index in [-0.39, 0.29) is 5.41 Å². The molecular formula is C52H38N2S. The van der Waals surface area contributed by atoms with Gasteiger partial charge in [0.2, 0.25) is 0 Å². The maximum atomic E-state index is 5.22.